The van der Waals surface area contributed by atoms with Crippen LogP contribution in [0.15, 0.2) is 11.6 Å². The van der Waals surface area contributed by atoms with Crippen molar-refractivity contribution in [3.8, 4) is 0 Å². The molecule has 17 heavy (non-hydrogen) atoms. The van der Waals surface area contributed by atoms with E-state index >= 15 is 0 Å². The molecule has 0 aromatic heterocycles. The lowest BCUT2D eigenvalue weighted by atomic mass is 10.1. The summed E-state index contributed by atoms with van der Waals surface area (Å²) in [6.07, 6.45) is 6.87. The van der Waals surface area contributed by atoms with Gasteiger partial charge in [0.05, 0.1) is 6.61 Å². The summed E-state index contributed by atoms with van der Waals surface area (Å²) in [5, 5.41) is 17.2. The summed E-state index contributed by atoms with van der Waals surface area (Å²) >= 11 is 0. The normalized spacial score (nSPS) is 11.6. The highest BCUT2D eigenvalue weighted by Crippen LogP contribution is 2.05. The zero-order valence-electron chi connectivity index (χ0n) is 10.7. The first-order valence-electron chi connectivity index (χ1n) is 6.28. The van der Waals surface area contributed by atoms with Crippen molar-refractivity contribution >= 4 is 5.97 Å². The van der Waals surface area contributed by atoms with E-state index in [-0.39, 0.29) is 19.2 Å². The molecule has 0 heterocycles. The Morgan fingerprint density at radius 3 is 2.35 bits per heavy atom. The molecule has 0 rings (SSSR count). The summed E-state index contributed by atoms with van der Waals surface area (Å²) in [5.74, 6) is -0.273. The number of hydrogen-bond donors (Lipinski definition) is 2. The van der Waals surface area contributed by atoms with Crippen molar-refractivity contribution in [2.45, 2.75) is 45.4 Å². The van der Waals surface area contributed by atoms with Gasteiger partial charge in [-0.3, -0.25) is 0 Å². The van der Waals surface area contributed by atoms with Crippen LogP contribution in [0.4, 0.5) is 0 Å². The topological polar surface area (TPSA) is 66.8 Å². The van der Waals surface area contributed by atoms with Crippen LogP contribution in [0.1, 0.15) is 45.4 Å². The summed E-state index contributed by atoms with van der Waals surface area (Å²) < 4.78 is 5.03. The molecule has 0 bridgehead atoms. The van der Waals surface area contributed by atoms with Crippen LogP contribution in [0.2, 0.25) is 0 Å². The van der Waals surface area contributed by atoms with Crippen molar-refractivity contribution in [3.05, 3.63) is 11.6 Å². The van der Waals surface area contributed by atoms with Gasteiger partial charge in [0.15, 0.2) is 0 Å². The third-order valence-electron chi connectivity index (χ3n) is 2.42. The summed E-state index contributed by atoms with van der Waals surface area (Å²) in [4.78, 5) is 11.4. The number of allylic oxidation sites excluding steroid dienone is 1. The molecule has 0 fully saturated rings. The fraction of sp³-hybridized carbons (Fsp3) is 0.769. The number of aliphatic hydroxyl groups is 2. The zero-order valence-corrected chi connectivity index (χ0v) is 10.7. The molecule has 0 spiro atoms. The van der Waals surface area contributed by atoms with E-state index in [0.717, 1.165) is 25.7 Å². The number of hydrogen-bond acceptors (Lipinski definition) is 4. The molecule has 0 atom stereocenters. The van der Waals surface area contributed by atoms with Gasteiger partial charge in [-0.05, 0) is 39.0 Å². The highest BCUT2D eigenvalue weighted by Gasteiger charge is 2.04. The Bertz CT molecular complexity index is 223. The van der Waals surface area contributed by atoms with Gasteiger partial charge in [-0.15, -0.1) is 0 Å². The molecular weight excluding hydrogens is 220 g/mol. The van der Waals surface area contributed by atoms with Crippen molar-refractivity contribution in [3.63, 3.8) is 0 Å². The van der Waals surface area contributed by atoms with Crippen LogP contribution in [0, 0.1) is 0 Å². The number of rotatable bonds is 10. The van der Waals surface area contributed by atoms with Gasteiger partial charge in [0.1, 0.15) is 0 Å². The van der Waals surface area contributed by atoms with Gasteiger partial charge in [0.2, 0.25) is 0 Å². The Labute approximate surface area is 103 Å². The highest BCUT2D eigenvalue weighted by molar-refractivity contribution is 5.87. The second kappa shape index (κ2) is 11.6. The molecule has 4 nitrogen and oxygen atoms in total. The van der Waals surface area contributed by atoms with Gasteiger partial charge in [0.25, 0.3) is 0 Å². The first-order chi connectivity index (χ1) is 8.22. The zero-order chi connectivity index (χ0) is 12.9. The third kappa shape index (κ3) is 10.0. The van der Waals surface area contributed by atoms with Crippen LogP contribution in [-0.4, -0.2) is 36.0 Å². The van der Waals surface area contributed by atoms with Crippen molar-refractivity contribution in [1.82, 2.24) is 0 Å². The molecule has 0 aromatic rings. The minimum absolute atomic E-state index is 0.136. The van der Waals surface area contributed by atoms with Crippen LogP contribution < -0.4 is 0 Å². The number of esters is 1. The molecule has 0 aliphatic carbocycles. The Hall–Kier alpha value is -0.870. The minimum atomic E-state index is -0.273. The van der Waals surface area contributed by atoms with Gasteiger partial charge in [-0.1, -0.05) is 12.5 Å². The minimum Gasteiger partial charge on any atom is -0.462 e. The lowest BCUT2D eigenvalue weighted by molar-refractivity contribution is -0.139. The Morgan fingerprint density at radius 2 is 1.71 bits per heavy atom. The van der Waals surface area contributed by atoms with Gasteiger partial charge < -0.3 is 14.9 Å². The van der Waals surface area contributed by atoms with E-state index in [2.05, 4.69) is 0 Å². The molecule has 0 amide bonds. The number of unbranched alkanes of at least 4 members (excludes halogenated alkanes) is 4. The second-order valence-corrected chi connectivity index (χ2v) is 4.03. The van der Waals surface area contributed by atoms with Crippen LogP contribution in [0.3, 0.4) is 0 Å². The number of ether oxygens (including phenoxy) is 1. The molecule has 4 heteroatoms. The summed E-state index contributed by atoms with van der Waals surface area (Å²) in [5.41, 5.74) is 0.637. The highest BCUT2D eigenvalue weighted by atomic mass is 16.5. The molecular formula is C13H24O4. The summed E-state index contributed by atoms with van der Waals surface area (Å²) in [7, 11) is 0. The average molecular weight is 244 g/mol. The van der Waals surface area contributed by atoms with E-state index < -0.39 is 0 Å². The standard InChI is InChI=1S/C13H24O4/c1-12(8-4-2-3-5-9-14)13(16)17-11-7-6-10-15/h8,14-15H,2-7,9-11H2,1H3. The maximum absolute atomic E-state index is 11.4. The summed E-state index contributed by atoms with van der Waals surface area (Å²) in [6.45, 7) is 2.49. The quantitative estimate of drug-likeness (QED) is 0.349. The number of aliphatic hydroxyl groups excluding tert-OH is 2. The molecule has 0 unspecified atom stereocenters. The smallest absolute Gasteiger partial charge is 0.333 e. The molecule has 0 aliphatic heterocycles. The molecule has 0 aliphatic rings. The van der Waals surface area contributed by atoms with Crippen LogP contribution in [0.25, 0.3) is 0 Å². The van der Waals surface area contributed by atoms with E-state index in [4.69, 9.17) is 14.9 Å². The van der Waals surface area contributed by atoms with Gasteiger partial charge in [0, 0.05) is 18.8 Å². The van der Waals surface area contributed by atoms with E-state index in [9.17, 15) is 4.79 Å². The fourth-order valence-corrected chi connectivity index (χ4v) is 1.33. The fourth-order valence-electron chi connectivity index (χ4n) is 1.33. The monoisotopic (exact) mass is 244 g/mol. The van der Waals surface area contributed by atoms with Crippen LogP contribution >= 0.6 is 0 Å². The first kappa shape index (κ1) is 16.1. The predicted octanol–water partition coefficient (Wildman–Crippen LogP) is 1.80. The molecule has 0 saturated heterocycles. The number of carbonyl (C=O) groups excluding carboxylic acids is 1. The molecule has 0 radical (unpaired) electrons. The van der Waals surface area contributed by atoms with Crippen molar-refractivity contribution in [2.24, 2.45) is 0 Å². The Balaban J connectivity index is 3.60. The van der Waals surface area contributed by atoms with E-state index in [1.807, 2.05) is 6.08 Å². The third-order valence-corrected chi connectivity index (χ3v) is 2.42. The Kier molecular flexibility index (Phi) is 11.0. The molecule has 0 aromatic carbocycles. The van der Waals surface area contributed by atoms with E-state index in [1.54, 1.807) is 6.92 Å². The molecule has 2 N–H and O–H groups in total. The Morgan fingerprint density at radius 1 is 1.06 bits per heavy atom. The molecule has 0 saturated carbocycles. The predicted molar refractivity (Wildman–Crippen MR) is 66.6 cm³/mol. The maximum Gasteiger partial charge on any atom is 0.333 e. The lowest BCUT2D eigenvalue weighted by Crippen LogP contribution is -2.07. The SMILES string of the molecule is CC(=CCCCCCO)C(=O)OCCCCO. The second-order valence-electron chi connectivity index (χ2n) is 4.03. The number of carbonyl (C=O) groups is 1. The van der Waals surface area contributed by atoms with Gasteiger partial charge in [-0.2, -0.15) is 0 Å². The van der Waals surface area contributed by atoms with Crippen molar-refractivity contribution in [1.29, 1.82) is 0 Å². The van der Waals surface area contributed by atoms with Crippen molar-refractivity contribution in [2.75, 3.05) is 19.8 Å². The molecule has 100 valence electrons. The van der Waals surface area contributed by atoms with E-state index in [0.29, 0.717) is 25.0 Å². The van der Waals surface area contributed by atoms with E-state index in [1.165, 1.54) is 0 Å². The van der Waals surface area contributed by atoms with Gasteiger partial charge in [-0.25, -0.2) is 4.79 Å². The van der Waals surface area contributed by atoms with Crippen molar-refractivity contribution < 1.29 is 19.7 Å². The van der Waals surface area contributed by atoms with Crippen LogP contribution in [-0.2, 0) is 9.53 Å². The largest absolute Gasteiger partial charge is 0.462 e. The first-order valence-corrected chi connectivity index (χ1v) is 6.28. The summed E-state index contributed by atoms with van der Waals surface area (Å²) in [6, 6.07) is 0. The maximum atomic E-state index is 11.4. The van der Waals surface area contributed by atoms with Gasteiger partial charge >= 0.3 is 5.97 Å². The lowest BCUT2D eigenvalue weighted by Gasteiger charge is -2.04. The van der Waals surface area contributed by atoms with Crippen LogP contribution in [0.5, 0.6) is 0 Å². The average Bonchev–Trinajstić information content (AvgIpc) is 2.34.